The van der Waals surface area contributed by atoms with Crippen LogP contribution < -0.4 is 10.9 Å². The maximum atomic E-state index is 12.6. The topological polar surface area (TPSA) is 51.1 Å². The van der Waals surface area contributed by atoms with Crippen LogP contribution in [0, 0.1) is 11.8 Å². The molecule has 4 atom stereocenters. The highest BCUT2D eigenvalue weighted by atomic mass is 32.1. The molecule has 0 radical (unpaired) electrons. The van der Waals surface area contributed by atoms with E-state index in [1.165, 1.54) is 18.0 Å². The average Bonchev–Trinajstić information content (AvgIpc) is 2.88. The lowest BCUT2D eigenvalue weighted by Crippen LogP contribution is -2.46. The zero-order valence-corrected chi connectivity index (χ0v) is 14.7. The van der Waals surface area contributed by atoms with Crippen LogP contribution in [0.15, 0.2) is 29.1 Å². The van der Waals surface area contributed by atoms with Gasteiger partial charge in [-0.05, 0) is 37.3 Å². The lowest BCUT2D eigenvalue weighted by Gasteiger charge is -2.35. The molecule has 1 aromatic heterocycles. The Morgan fingerprint density at radius 1 is 1.30 bits per heavy atom. The maximum absolute atomic E-state index is 12.6. The quantitative estimate of drug-likeness (QED) is 0.934. The molecule has 1 N–H and O–H groups in total. The van der Waals surface area contributed by atoms with Gasteiger partial charge in [-0.1, -0.05) is 50.4 Å². The standard InChI is InChI=1S/C18H24N2O2S/c1-11-7-6-9-15(12(11)2)19-17(21)13(3)20-18(22)14-8-4-5-10-16(14)23-20/h4-5,8,10-13,15H,6-7,9H2,1-3H3,(H,19,21). The Morgan fingerprint density at radius 3 is 2.78 bits per heavy atom. The van der Waals surface area contributed by atoms with Crippen molar-refractivity contribution in [2.45, 2.75) is 52.1 Å². The van der Waals surface area contributed by atoms with Crippen LogP contribution in [0.5, 0.6) is 0 Å². The van der Waals surface area contributed by atoms with Crippen molar-refractivity contribution in [2.24, 2.45) is 11.8 Å². The van der Waals surface area contributed by atoms with Crippen molar-refractivity contribution >= 4 is 27.5 Å². The van der Waals surface area contributed by atoms with Gasteiger partial charge < -0.3 is 5.32 Å². The lowest BCUT2D eigenvalue weighted by atomic mass is 9.78. The van der Waals surface area contributed by atoms with Gasteiger partial charge >= 0.3 is 0 Å². The predicted molar refractivity (Wildman–Crippen MR) is 94.9 cm³/mol. The number of fused-ring (bicyclic) bond motifs is 1. The van der Waals surface area contributed by atoms with Crippen LogP contribution in [-0.4, -0.2) is 15.9 Å². The monoisotopic (exact) mass is 332 g/mol. The third kappa shape index (κ3) is 3.07. The second-order valence-electron chi connectivity index (χ2n) is 6.78. The van der Waals surface area contributed by atoms with Crippen molar-refractivity contribution in [3.8, 4) is 0 Å². The Kier molecular flexibility index (Phi) is 4.57. The molecule has 0 spiro atoms. The summed E-state index contributed by atoms with van der Waals surface area (Å²) >= 11 is 1.37. The molecule has 0 saturated heterocycles. The third-order valence-corrected chi connectivity index (χ3v) is 6.51. The number of aromatic nitrogens is 1. The molecule has 1 aliphatic rings. The Bertz CT molecular complexity index is 764. The zero-order chi connectivity index (χ0) is 16.6. The Labute approximate surface area is 140 Å². The molecular weight excluding hydrogens is 308 g/mol. The molecule has 1 saturated carbocycles. The van der Waals surface area contributed by atoms with Gasteiger partial charge in [-0.15, -0.1) is 0 Å². The van der Waals surface area contributed by atoms with Crippen LogP contribution in [0.4, 0.5) is 0 Å². The van der Waals surface area contributed by atoms with Crippen molar-refractivity contribution < 1.29 is 4.79 Å². The van der Waals surface area contributed by atoms with E-state index >= 15 is 0 Å². The second-order valence-corrected chi connectivity index (χ2v) is 7.79. The molecule has 124 valence electrons. The molecule has 1 aromatic carbocycles. The Hall–Kier alpha value is -1.62. The smallest absolute Gasteiger partial charge is 0.269 e. The molecule has 4 nitrogen and oxygen atoms in total. The molecule has 5 heteroatoms. The first-order valence-corrected chi connectivity index (χ1v) is 9.17. The fourth-order valence-electron chi connectivity index (χ4n) is 3.44. The van der Waals surface area contributed by atoms with E-state index in [9.17, 15) is 9.59 Å². The number of rotatable bonds is 3. The number of nitrogens with zero attached hydrogens (tertiary/aromatic N) is 1. The fourth-order valence-corrected chi connectivity index (χ4v) is 4.48. The summed E-state index contributed by atoms with van der Waals surface area (Å²) in [6, 6.07) is 7.27. The lowest BCUT2D eigenvalue weighted by molar-refractivity contribution is -0.125. The van der Waals surface area contributed by atoms with Crippen molar-refractivity contribution in [2.75, 3.05) is 0 Å². The number of hydrogen-bond acceptors (Lipinski definition) is 3. The van der Waals surface area contributed by atoms with Crippen molar-refractivity contribution in [1.29, 1.82) is 0 Å². The van der Waals surface area contributed by atoms with E-state index in [4.69, 9.17) is 0 Å². The number of amides is 1. The molecule has 1 fully saturated rings. The van der Waals surface area contributed by atoms with E-state index < -0.39 is 6.04 Å². The molecule has 3 rings (SSSR count). The van der Waals surface area contributed by atoms with Crippen LogP contribution in [-0.2, 0) is 4.79 Å². The van der Waals surface area contributed by atoms with Gasteiger partial charge in [0.25, 0.3) is 5.56 Å². The summed E-state index contributed by atoms with van der Waals surface area (Å²) < 4.78 is 2.52. The molecular formula is C18H24N2O2S. The van der Waals surface area contributed by atoms with Gasteiger partial charge in [0.15, 0.2) is 0 Å². The summed E-state index contributed by atoms with van der Waals surface area (Å²) in [4.78, 5) is 25.1. The summed E-state index contributed by atoms with van der Waals surface area (Å²) in [5.41, 5.74) is -0.0710. The van der Waals surface area contributed by atoms with Gasteiger partial charge in [0.2, 0.25) is 5.91 Å². The van der Waals surface area contributed by atoms with E-state index in [-0.39, 0.29) is 17.5 Å². The molecule has 1 aliphatic carbocycles. The van der Waals surface area contributed by atoms with E-state index in [1.54, 1.807) is 3.96 Å². The normalized spacial score (nSPS) is 26.1. The highest BCUT2D eigenvalue weighted by Gasteiger charge is 2.30. The van der Waals surface area contributed by atoms with Gasteiger partial charge in [0, 0.05) is 6.04 Å². The van der Waals surface area contributed by atoms with Crippen molar-refractivity contribution in [3.05, 3.63) is 34.6 Å². The van der Waals surface area contributed by atoms with Gasteiger partial charge in [-0.3, -0.25) is 13.5 Å². The van der Waals surface area contributed by atoms with E-state index in [1.807, 2.05) is 31.2 Å². The highest BCUT2D eigenvalue weighted by molar-refractivity contribution is 7.14. The van der Waals surface area contributed by atoms with Crippen LogP contribution in [0.2, 0.25) is 0 Å². The molecule has 0 bridgehead atoms. The summed E-state index contributed by atoms with van der Waals surface area (Å²) in [7, 11) is 0. The first kappa shape index (κ1) is 16.2. The van der Waals surface area contributed by atoms with Gasteiger partial charge in [0.1, 0.15) is 6.04 Å². The largest absolute Gasteiger partial charge is 0.351 e. The fraction of sp³-hybridized carbons (Fsp3) is 0.556. The number of nitrogens with one attached hydrogen (secondary N) is 1. The summed E-state index contributed by atoms with van der Waals surface area (Å²) in [5.74, 6) is 1.07. The molecule has 1 heterocycles. The van der Waals surface area contributed by atoms with Gasteiger partial charge in [-0.2, -0.15) is 0 Å². The van der Waals surface area contributed by atoms with Crippen LogP contribution in [0.3, 0.4) is 0 Å². The second kappa shape index (κ2) is 6.48. The molecule has 4 unspecified atom stereocenters. The number of carbonyl (C=O) groups is 1. The minimum absolute atomic E-state index is 0.0513. The summed E-state index contributed by atoms with van der Waals surface area (Å²) in [6.45, 7) is 6.27. The van der Waals surface area contributed by atoms with Crippen LogP contribution >= 0.6 is 11.5 Å². The Morgan fingerprint density at radius 2 is 2.04 bits per heavy atom. The molecule has 2 aromatic rings. The van der Waals surface area contributed by atoms with Gasteiger partial charge in [0.05, 0.1) is 10.1 Å². The third-order valence-electron chi connectivity index (χ3n) is 5.28. The first-order chi connectivity index (χ1) is 11.0. The minimum Gasteiger partial charge on any atom is -0.351 e. The SMILES string of the molecule is CC1CCCC(NC(=O)C(C)n2sc3ccccc3c2=O)C1C. The van der Waals surface area contributed by atoms with Crippen molar-refractivity contribution in [3.63, 3.8) is 0 Å². The maximum Gasteiger partial charge on any atom is 0.269 e. The van der Waals surface area contributed by atoms with Crippen molar-refractivity contribution in [1.82, 2.24) is 9.27 Å². The predicted octanol–water partition coefficient (Wildman–Crippen LogP) is 3.56. The first-order valence-electron chi connectivity index (χ1n) is 8.40. The Balaban J connectivity index is 1.79. The minimum atomic E-state index is -0.468. The van der Waals surface area contributed by atoms with Gasteiger partial charge in [-0.25, -0.2) is 0 Å². The summed E-state index contributed by atoms with van der Waals surface area (Å²) in [5, 5.41) is 3.87. The highest BCUT2D eigenvalue weighted by Crippen LogP contribution is 2.30. The molecule has 0 aliphatic heterocycles. The summed E-state index contributed by atoms with van der Waals surface area (Å²) in [6.07, 6.45) is 3.43. The van der Waals surface area contributed by atoms with E-state index in [0.29, 0.717) is 17.2 Å². The number of carbonyl (C=O) groups excluding carboxylic acids is 1. The average molecular weight is 332 g/mol. The van der Waals surface area contributed by atoms with E-state index in [0.717, 1.165) is 17.5 Å². The van der Waals surface area contributed by atoms with Crippen LogP contribution in [0.1, 0.15) is 46.1 Å². The van der Waals surface area contributed by atoms with E-state index in [2.05, 4.69) is 19.2 Å². The molecule has 1 amide bonds. The number of hydrogen-bond donors (Lipinski definition) is 1. The number of benzene rings is 1. The molecule has 23 heavy (non-hydrogen) atoms. The zero-order valence-electron chi connectivity index (χ0n) is 13.9. The van der Waals surface area contributed by atoms with Crippen LogP contribution in [0.25, 0.3) is 10.1 Å².